The molecule has 28 heavy (non-hydrogen) atoms. The van der Waals surface area contributed by atoms with Gasteiger partial charge in [-0.1, -0.05) is 0 Å². The summed E-state index contributed by atoms with van der Waals surface area (Å²) >= 11 is 1.35. The van der Waals surface area contributed by atoms with Crippen molar-refractivity contribution in [2.45, 2.75) is 19.3 Å². The number of rotatable bonds is 4. The maximum Gasteiger partial charge on any atom is 0.349 e. The minimum atomic E-state index is -0.751. The van der Waals surface area contributed by atoms with Gasteiger partial charge in [-0.2, -0.15) is 0 Å². The molecule has 1 aliphatic rings. The van der Waals surface area contributed by atoms with E-state index < -0.39 is 17.5 Å². The fourth-order valence-electron chi connectivity index (χ4n) is 3.37. The molecule has 1 amide bonds. The molecule has 8 heteroatoms. The molecular formula is C20H17NO6S. The molecule has 1 aliphatic carbocycles. The first-order chi connectivity index (χ1) is 13.5. The summed E-state index contributed by atoms with van der Waals surface area (Å²) in [6, 6.07) is 6.41. The fourth-order valence-corrected chi connectivity index (χ4v) is 4.64. The van der Waals surface area contributed by atoms with Crippen LogP contribution in [0.1, 0.15) is 37.6 Å². The number of ether oxygens (including phenoxy) is 2. The van der Waals surface area contributed by atoms with Crippen LogP contribution in [-0.4, -0.2) is 26.1 Å². The van der Waals surface area contributed by atoms with Gasteiger partial charge in [0.15, 0.2) is 0 Å². The number of carbonyl (C=O) groups excluding carboxylic acids is 2. The van der Waals surface area contributed by atoms with Crippen LogP contribution in [0.15, 0.2) is 33.5 Å². The Hall–Kier alpha value is -3.13. The Morgan fingerprint density at radius 1 is 1.18 bits per heavy atom. The lowest BCUT2D eigenvalue weighted by atomic mass is 10.1. The lowest BCUT2D eigenvalue weighted by Crippen LogP contribution is -2.21. The maximum atomic E-state index is 12.8. The highest BCUT2D eigenvalue weighted by atomic mass is 32.1. The second kappa shape index (κ2) is 7.12. The molecule has 0 saturated carbocycles. The summed E-state index contributed by atoms with van der Waals surface area (Å²) in [5.41, 5.74) is 0.749. The summed E-state index contributed by atoms with van der Waals surface area (Å²) in [5.74, 6) is -0.552. The van der Waals surface area contributed by atoms with Crippen molar-refractivity contribution in [3.63, 3.8) is 0 Å². The molecule has 0 spiro atoms. The molecule has 0 unspecified atom stereocenters. The lowest BCUT2D eigenvalue weighted by molar-refractivity contribution is 0.0601. The van der Waals surface area contributed by atoms with Crippen LogP contribution < -0.4 is 15.7 Å². The zero-order valence-electron chi connectivity index (χ0n) is 15.3. The van der Waals surface area contributed by atoms with Crippen molar-refractivity contribution in [1.82, 2.24) is 0 Å². The van der Waals surface area contributed by atoms with E-state index in [1.54, 1.807) is 18.2 Å². The van der Waals surface area contributed by atoms with Crippen LogP contribution in [0.5, 0.6) is 5.75 Å². The van der Waals surface area contributed by atoms with Crippen LogP contribution in [0, 0.1) is 0 Å². The monoisotopic (exact) mass is 399 g/mol. The number of aryl methyl sites for hydroxylation is 1. The second-order valence-electron chi connectivity index (χ2n) is 6.36. The molecule has 4 rings (SSSR count). The number of thiophene rings is 1. The van der Waals surface area contributed by atoms with Crippen LogP contribution in [-0.2, 0) is 17.6 Å². The third kappa shape index (κ3) is 3.05. The molecule has 2 heterocycles. The van der Waals surface area contributed by atoms with Crippen molar-refractivity contribution >= 4 is 39.2 Å². The largest absolute Gasteiger partial charge is 0.497 e. The smallest absolute Gasteiger partial charge is 0.349 e. The number of benzene rings is 1. The van der Waals surface area contributed by atoms with Crippen LogP contribution in [0.2, 0.25) is 0 Å². The third-order valence-electron chi connectivity index (χ3n) is 4.72. The van der Waals surface area contributed by atoms with Crippen molar-refractivity contribution in [3.05, 3.63) is 56.3 Å². The number of fused-ring (bicyclic) bond motifs is 2. The average Bonchev–Trinajstić information content (AvgIpc) is 3.27. The Kier molecular flexibility index (Phi) is 4.64. The van der Waals surface area contributed by atoms with Crippen LogP contribution in [0.25, 0.3) is 11.0 Å². The maximum absolute atomic E-state index is 12.8. The van der Waals surface area contributed by atoms with E-state index in [2.05, 4.69) is 5.32 Å². The fraction of sp³-hybridized carbons (Fsp3) is 0.250. The quantitative estimate of drug-likeness (QED) is 0.534. The third-order valence-corrected chi connectivity index (χ3v) is 5.93. The van der Waals surface area contributed by atoms with E-state index in [0.717, 1.165) is 29.7 Å². The van der Waals surface area contributed by atoms with Crippen molar-refractivity contribution in [1.29, 1.82) is 0 Å². The highest BCUT2D eigenvalue weighted by Crippen LogP contribution is 2.39. The number of nitrogens with one attached hydrogen (secondary N) is 1. The van der Waals surface area contributed by atoms with E-state index in [9.17, 15) is 14.4 Å². The summed E-state index contributed by atoms with van der Waals surface area (Å²) in [6.45, 7) is 0. The Bertz CT molecular complexity index is 1160. The highest BCUT2D eigenvalue weighted by molar-refractivity contribution is 7.17. The molecule has 0 aliphatic heterocycles. The van der Waals surface area contributed by atoms with Gasteiger partial charge in [0.25, 0.3) is 5.91 Å². The second-order valence-corrected chi connectivity index (χ2v) is 7.46. The molecule has 144 valence electrons. The number of anilines is 1. The molecule has 1 N–H and O–H groups in total. The normalized spacial score (nSPS) is 12.6. The van der Waals surface area contributed by atoms with E-state index in [0.29, 0.717) is 27.3 Å². The SMILES string of the molecule is COC(=O)c1c(NC(=O)c2cc3cc(OC)ccc3oc2=O)sc2c1CCC2. The molecule has 2 aromatic heterocycles. The van der Waals surface area contributed by atoms with Crippen molar-refractivity contribution in [3.8, 4) is 5.75 Å². The summed E-state index contributed by atoms with van der Waals surface area (Å²) in [7, 11) is 2.83. The number of methoxy groups -OCH3 is 2. The minimum Gasteiger partial charge on any atom is -0.497 e. The first kappa shape index (κ1) is 18.2. The zero-order valence-corrected chi connectivity index (χ0v) is 16.1. The molecule has 1 aromatic carbocycles. The molecule has 0 atom stereocenters. The van der Waals surface area contributed by atoms with E-state index >= 15 is 0 Å². The lowest BCUT2D eigenvalue weighted by Gasteiger charge is -2.07. The van der Waals surface area contributed by atoms with Crippen molar-refractivity contribution < 1.29 is 23.5 Å². The molecule has 0 saturated heterocycles. The Balaban J connectivity index is 1.72. The zero-order chi connectivity index (χ0) is 19.8. The van der Waals surface area contributed by atoms with Gasteiger partial charge in [-0.3, -0.25) is 4.79 Å². The van der Waals surface area contributed by atoms with Gasteiger partial charge in [0.2, 0.25) is 0 Å². The van der Waals surface area contributed by atoms with E-state index in [4.69, 9.17) is 13.9 Å². The standard InChI is InChI=1S/C20H17NO6S/c1-25-11-6-7-14-10(8-11)9-13(19(23)27-14)17(22)21-18-16(20(24)26-2)12-4-3-5-15(12)28-18/h6-9H,3-5H2,1-2H3,(H,21,22). The summed E-state index contributed by atoms with van der Waals surface area (Å²) in [4.78, 5) is 38.3. The first-order valence-electron chi connectivity index (χ1n) is 8.68. The minimum absolute atomic E-state index is 0.148. The van der Waals surface area contributed by atoms with Crippen molar-refractivity contribution in [2.75, 3.05) is 19.5 Å². The number of amides is 1. The molecule has 0 fully saturated rings. The summed E-state index contributed by atoms with van der Waals surface area (Å²) in [5, 5.41) is 3.65. The van der Waals surface area contributed by atoms with Gasteiger partial charge >= 0.3 is 11.6 Å². The van der Waals surface area contributed by atoms with Gasteiger partial charge in [-0.05, 0) is 49.1 Å². The van der Waals surface area contributed by atoms with Gasteiger partial charge in [0.05, 0.1) is 19.8 Å². The van der Waals surface area contributed by atoms with Gasteiger partial charge in [0, 0.05) is 10.3 Å². The summed E-state index contributed by atoms with van der Waals surface area (Å²) in [6.07, 6.45) is 2.59. The van der Waals surface area contributed by atoms with E-state index in [1.165, 1.54) is 31.6 Å². The molecule has 7 nitrogen and oxygen atoms in total. The molecule has 3 aromatic rings. The molecular weight excluding hydrogens is 382 g/mol. The van der Waals surface area contributed by atoms with Gasteiger partial charge in [0.1, 0.15) is 21.9 Å². The van der Waals surface area contributed by atoms with Gasteiger partial charge in [-0.25, -0.2) is 9.59 Å². The number of esters is 1. The predicted molar refractivity (Wildman–Crippen MR) is 105 cm³/mol. The van der Waals surface area contributed by atoms with Crippen LogP contribution in [0.4, 0.5) is 5.00 Å². The summed E-state index contributed by atoms with van der Waals surface area (Å²) < 4.78 is 15.3. The van der Waals surface area contributed by atoms with Crippen LogP contribution in [0.3, 0.4) is 0 Å². The number of hydrogen-bond acceptors (Lipinski definition) is 7. The first-order valence-corrected chi connectivity index (χ1v) is 9.49. The Morgan fingerprint density at radius 2 is 2.00 bits per heavy atom. The van der Waals surface area contributed by atoms with Crippen LogP contribution >= 0.6 is 11.3 Å². The highest BCUT2D eigenvalue weighted by Gasteiger charge is 2.28. The molecule has 0 bridgehead atoms. The molecule has 0 radical (unpaired) electrons. The average molecular weight is 399 g/mol. The van der Waals surface area contributed by atoms with Gasteiger partial charge in [-0.15, -0.1) is 11.3 Å². The predicted octanol–water partition coefficient (Wildman–Crippen LogP) is 3.39. The van der Waals surface area contributed by atoms with Gasteiger partial charge < -0.3 is 19.2 Å². The number of carbonyl (C=O) groups is 2. The number of hydrogen-bond donors (Lipinski definition) is 1. The van der Waals surface area contributed by atoms with Crippen molar-refractivity contribution in [2.24, 2.45) is 0 Å². The van der Waals surface area contributed by atoms with E-state index in [-0.39, 0.29) is 5.56 Å². The Labute approximate surface area is 163 Å². The Morgan fingerprint density at radius 3 is 2.75 bits per heavy atom. The topological polar surface area (TPSA) is 94.8 Å². The van der Waals surface area contributed by atoms with E-state index in [1.807, 2.05) is 0 Å².